The lowest BCUT2D eigenvalue weighted by atomic mass is 9.72. The number of benzene rings is 2. The molecule has 1 unspecified atom stereocenters. The number of Topliss-reactive ketones (excluding diaryl/α,β-unsaturated/α-hetero) is 1. The molecule has 2 aromatic rings. The quantitative estimate of drug-likeness (QED) is 0.479. The first-order valence-corrected chi connectivity index (χ1v) is 11.6. The van der Waals surface area contributed by atoms with E-state index in [-0.39, 0.29) is 52.0 Å². The fraction of sp³-hybridized carbons (Fsp3) is 0.423. The molecule has 3 N–H and O–H groups in total. The molecule has 5 rings (SSSR count). The Kier molecular flexibility index (Phi) is 5.66. The van der Waals surface area contributed by atoms with Crippen LogP contribution in [0.4, 0.5) is 0 Å². The van der Waals surface area contributed by atoms with Crippen molar-refractivity contribution in [3.05, 3.63) is 51.6 Å². The van der Waals surface area contributed by atoms with Crippen molar-refractivity contribution in [2.75, 3.05) is 13.7 Å². The Balaban J connectivity index is 1.72. The molecule has 1 aliphatic heterocycles. The molecule has 3 aliphatic rings. The number of phenols is 2. The number of methoxy groups -OCH3 is 1. The van der Waals surface area contributed by atoms with E-state index in [1.807, 2.05) is 0 Å². The fourth-order valence-electron chi connectivity index (χ4n) is 5.30. The van der Waals surface area contributed by atoms with Crippen LogP contribution in [0.15, 0.2) is 18.2 Å². The first-order chi connectivity index (χ1) is 16.7. The highest BCUT2D eigenvalue weighted by Crippen LogP contribution is 2.52. The highest BCUT2D eigenvalue weighted by molar-refractivity contribution is 6.31. The maximum Gasteiger partial charge on any atom is 0.202 e. The van der Waals surface area contributed by atoms with Crippen molar-refractivity contribution in [3.63, 3.8) is 0 Å². The summed E-state index contributed by atoms with van der Waals surface area (Å²) in [7, 11) is 1.36. The van der Waals surface area contributed by atoms with Crippen molar-refractivity contribution in [3.8, 4) is 17.2 Å². The van der Waals surface area contributed by atoms with E-state index >= 15 is 0 Å². The van der Waals surface area contributed by atoms with Crippen LogP contribution in [0.3, 0.4) is 0 Å². The van der Waals surface area contributed by atoms with Crippen LogP contribution in [0.1, 0.15) is 81.7 Å². The van der Waals surface area contributed by atoms with Crippen molar-refractivity contribution >= 4 is 17.3 Å². The van der Waals surface area contributed by atoms with Crippen LogP contribution in [0.5, 0.6) is 17.2 Å². The number of phenolic OH excluding ortho intramolecular Hbond substituents is 2. The van der Waals surface area contributed by atoms with Crippen LogP contribution < -0.4 is 4.74 Å². The summed E-state index contributed by atoms with van der Waals surface area (Å²) < 4.78 is 17.0. The average molecular weight is 482 g/mol. The lowest BCUT2D eigenvalue weighted by Crippen LogP contribution is -2.45. The van der Waals surface area contributed by atoms with E-state index in [1.54, 1.807) is 6.07 Å². The van der Waals surface area contributed by atoms with Crippen LogP contribution in [0, 0.1) is 0 Å². The maximum absolute atomic E-state index is 13.6. The second-order valence-corrected chi connectivity index (χ2v) is 9.27. The third-order valence-electron chi connectivity index (χ3n) is 7.19. The van der Waals surface area contributed by atoms with Crippen molar-refractivity contribution in [1.82, 2.24) is 0 Å². The molecule has 35 heavy (non-hydrogen) atoms. The van der Waals surface area contributed by atoms with E-state index in [2.05, 4.69) is 0 Å². The van der Waals surface area contributed by atoms with E-state index in [1.165, 1.54) is 26.2 Å². The molecule has 1 heterocycles. The number of hydrogen-bond acceptors (Lipinski definition) is 9. The summed E-state index contributed by atoms with van der Waals surface area (Å²) in [5.41, 5.74) is -2.53. The summed E-state index contributed by atoms with van der Waals surface area (Å²) in [5.74, 6) is -2.81. The molecule has 3 atom stereocenters. The van der Waals surface area contributed by atoms with Crippen molar-refractivity contribution < 1.29 is 43.9 Å². The Morgan fingerprint density at radius 3 is 2.49 bits per heavy atom. The molecule has 0 aromatic heterocycles. The van der Waals surface area contributed by atoms with Crippen LogP contribution >= 0.6 is 0 Å². The Hall–Kier alpha value is -3.27. The summed E-state index contributed by atoms with van der Waals surface area (Å²) in [4.78, 5) is 39.4. The monoisotopic (exact) mass is 482 g/mol. The average Bonchev–Trinajstić information content (AvgIpc) is 2.84. The van der Waals surface area contributed by atoms with Gasteiger partial charge in [0.25, 0.3) is 0 Å². The largest absolute Gasteiger partial charge is 0.507 e. The second kappa shape index (κ2) is 8.44. The van der Waals surface area contributed by atoms with Gasteiger partial charge in [0.2, 0.25) is 5.78 Å². The predicted octanol–water partition coefficient (Wildman–Crippen LogP) is 2.73. The van der Waals surface area contributed by atoms with Gasteiger partial charge >= 0.3 is 0 Å². The number of aliphatic hydroxyl groups is 1. The Morgan fingerprint density at radius 1 is 1.09 bits per heavy atom. The lowest BCUT2D eigenvalue weighted by molar-refractivity contribution is -0.203. The second-order valence-electron chi connectivity index (χ2n) is 9.27. The van der Waals surface area contributed by atoms with Crippen LogP contribution in [0.25, 0.3) is 0 Å². The SMILES string of the molecule is COc1cccc2c1C(=O)c1c(O)c3c(c(O)c1C2=O)C[C@@](O)(C(C)=O)CC3O[C@H]1CCCCO1. The minimum atomic E-state index is -1.90. The summed E-state index contributed by atoms with van der Waals surface area (Å²) >= 11 is 0. The third-order valence-corrected chi connectivity index (χ3v) is 7.19. The van der Waals surface area contributed by atoms with Gasteiger partial charge in [-0.05, 0) is 32.3 Å². The standard InChI is InChI=1S/C26H26O9/c1-12(27)26(32)10-14-19(16(11-26)35-17-8-3-4-9-34-17)25(31)21-20(23(14)29)22(28)13-6-5-7-15(33-2)18(13)24(21)30/h5-7,16-17,29,31-32H,3-4,8-11H2,1-2H3/t16?,17-,26-/m0/s1. The van der Waals surface area contributed by atoms with Crippen molar-refractivity contribution in [1.29, 1.82) is 0 Å². The molecule has 2 aromatic carbocycles. The van der Waals surface area contributed by atoms with Crippen LogP contribution in [-0.4, -0.2) is 58.3 Å². The van der Waals surface area contributed by atoms with Gasteiger partial charge in [0.1, 0.15) is 22.8 Å². The number of fused-ring (bicyclic) bond motifs is 3. The van der Waals surface area contributed by atoms with E-state index in [0.29, 0.717) is 13.0 Å². The predicted molar refractivity (Wildman–Crippen MR) is 121 cm³/mol. The van der Waals surface area contributed by atoms with Gasteiger partial charge in [0.05, 0.1) is 29.9 Å². The Morgan fingerprint density at radius 2 is 1.83 bits per heavy atom. The normalized spacial score (nSPS) is 25.5. The van der Waals surface area contributed by atoms with Gasteiger partial charge < -0.3 is 29.5 Å². The molecular weight excluding hydrogens is 456 g/mol. The number of ketones is 3. The molecule has 9 heteroatoms. The molecule has 0 spiro atoms. The van der Waals surface area contributed by atoms with Gasteiger partial charge in [-0.1, -0.05) is 12.1 Å². The number of aromatic hydroxyl groups is 2. The molecule has 0 amide bonds. The third kappa shape index (κ3) is 3.53. The first-order valence-electron chi connectivity index (χ1n) is 11.6. The topological polar surface area (TPSA) is 140 Å². The van der Waals surface area contributed by atoms with Gasteiger partial charge in [0.15, 0.2) is 17.9 Å². The molecule has 2 aliphatic carbocycles. The van der Waals surface area contributed by atoms with Gasteiger partial charge in [-0.3, -0.25) is 14.4 Å². The van der Waals surface area contributed by atoms with Gasteiger partial charge in [-0.2, -0.15) is 0 Å². The number of hydrogen-bond donors (Lipinski definition) is 3. The summed E-state index contributed by atoms with van der Waals surface area (Å²) in [5, 5.41) is 33.8. The molecule has 184 valence electrons. The zero-order chi connectivity index (χ0) is 25.1. The highest BCUT2D eigenvalue weighted by atomic mass is 16.7. The zero-order valence-corrected chi connectivity index (χ0v) is 19.4. The molecule has 0 saturated carbocycles. The minimum absolute atomic E-state index is 0.00138. The molecule has 0 radical (unpaired) electrons. The van der Waals surface area contributed by atoms with E-state index in [9.17, 15) is 29.7 Å². The smallest absolute Gasteiger partial charge is 0.202 e. The molecule has 1 saturated heterocycles. The highest BCUT2D eigenvalue weighted by Gasteiger charge is 2.48. The first kappa shape index (κ1) is 23.5. The van der Waals surface area contributed by atoms with Crippen molar-refractivity contribution in [2.45, 2.75) is 57.0 Å². The summed E-state index contributed by atoms with van der Waals surface area (Å²) in [6.45, 7) is 1.71. The summed E-state index contributed by atoms with van der Waals surface area (Å²) in [6, 6.07) is 4.52. The molecule has 1 fully saturated rings. The van der Waals surface area contributed by atoms with Gasteiger partial charge in [0, 0.05) is 36.1 Å². The fourth-order valence-corrected chi connectivity index (χ4v) is 5.30. The van der Waals surface area contributed by atoms with Crippen LogP contribution in [-0.2, 0) is 20.7 Å². The number of carbonyl (C=O) groups excluding carboxylic acids is 3. The molecule has 0 bridgehead atoms. The Labute approximate surface area is 201 Å². The number of ether oxygens (including phenoxy) is 3. The summed E-state index contributed by atoms with van der Waals surface area (Å²) in [6.07, 6.45) is 0.0395. The van der Waals surface area contributed by atoms with E-state index in [4.69, 9.17) is 14.2 Å². The van der Waals surface area contributed by atoms with Crippen molar-refractivity contribution in [2.24, 2.45) is 0 Å². The number of rotatable bonds is 4. The Bertz CT molecular complexity index is 1260. The van der Waals surface area contributed by atoms with Gasteiger partial charge in [-0.15, -0.1) is 0 Å². The van der Waals surface area contributed by atoms with E-state index in [0.717, 1.165) is 12.8 Å². The molecular formula is C26H26O9. The molecule has 9 nitrogen and oxygen atoms in total. The van der Waals surface area contributed by atoms with Gasteiger partial charge in [-0.25, -0.2) is 0 Å². The maximum atomic E-state index is 13.6. The lowest BCUT2D eigenvalue weighted by Gasteiger charge is -2.40. The minimum Gasteiger partial charge on any atom is -0.507 e. The van der Waals surface area contributed by atoms with E-state index < -0.39 is 46.8 Å². The number of carbonyl (C=O) groups is 3. The zero-order valence-electron chi connectivity index (χ0n) is 19.4. The van der Waals surface area contributed by atoms with Crippen LogP contribution in [0.2, 0.25) is 0 Å².